The highest BCUT2D eigenvalue weighted by Gasteiger charge is 2.21. The van der Waals surface area contributed by atoms with E-state index in [1.165, 1.54) is 31.0 Å². The number of hydrogen-bond donors (Lipinski definition) is 2. The molecule has 1 aromatic carbocycles. The third-order valence-corrected chi connectivity index (χ3v) is 2.77. The molecule has 2 rings (SSSR count). The lowest BCUT2D eigenvalue weighted by Crippen LogP contribution is -2.25. The van der Waals surface area contributed by atoms with Crippen molar-refractivity contribution in [3.8, 4) is 0 Å². The third-order valence-electron chi connectivity index (χ3n) is 2.77. The molecule has 0 aliphatic heterocycles. The molecule has 1 aliphatic rings. The van der Waals surface area contributed by atoms with Gasteiger partial charge in [0.1, 0.15) is 5.82 Å². The number of rotatable bonds is 4. The number of anilines is 1. The molecule has 0 heterocycles. The highest BCUT2D eigenvalue weighted by molar-refractivity contribution is 5.95. The van der Waals surface area contributed by atoms with Gasteiger partial charge in [-0.15, -0.1) is 0 Å². The van der Waals surface area contributed by atoms with Crippen molar-refractivity contribution >= 4 is 11.6 Å². The lowest BCUT2D eigenvalue weighted by Gasteiger charge is -2.06. The standard InChI is InChI=1S/C12H15FN2O/c13-11-4-3-9(14)7-10(11)12(16)15-6-5-8-1-2-8/h3-4,7-8H,1-2,5-6,14H2,(H,15,16). The van der Waals surface area contributed by atoms with Crippen LogP contribution < -0.4 is 11.1 Å². The Kier molecular flexibility index (Phi) is 3.08. The van der Waals surface area contributed by atoms with E-state index < -0.39 is 5.82 Å². The number of carbonyl (C=O) groups is 1. The largest absolute Gasteiger partial charge is 0.399 e. The van der Waals surface area contributed by atoms with Crippen LogP contribution in [0, 0.1) is 11.7 Å². The summed E-state index contributed by atoms with van der Waals surface area (Å²) in [5.74, 6) is -0.158. The first kappa shape index (κ1) is 10.9. The van der Waals surface area contributed by atoms with E-state index in [1.807, 2.05) is 0 Å². The van der Waals surface area contributed by atoms with Gasteiger partial charge in [0.2, 0.25) is 0 Å². The van der Waals surface area contributed by atoms with Crippen LogP contribution in [0.25, 0.3) is 0 Å². The summed E-state index contributed by atoms with van der Waals surface area (Å²) < 4.78 is 13.3. The quantitative estimate of drug-likeness (QED) is 0.765. The fraction of sp³-hybridized carbons (Fsp3) is 0.417. The van der Waals surface area contributed by atoms with Gasteiger partial charge in [0, 0.05) is 12.2 Å². The van der Waals surface area contributed by atoms with Crippen molar-refractivity contribution in [1.29, 1.82) is 0 Å². The molecule has 1 fully saturated rings. The Morgan fingerprint density at radius 3 is 2.94 bits per heavy atom. The Bertz CT molecular complexity index is 402. The molecule has 0 aromatic heterocycles. The molecule has 0 spiro atoms. The lowest BCUT2D eigenvalue weighted by molar-refractivity contribution is 0.0948. The van der Waals surface area contributed by atoms with Crippen LogP contribution >= 0.6 is 0 Å². The van der Waals surface area contributed by atoms with E-state index >= 15 is 0 Å². The summed E-state index contributed by atoms with van der Waals surface area (Å²) >= 11 is 0. The van der Waals surface area contributed by atoms with Gasteiger partial charge in [-0.2, -0.15) is 0 Å². The first-order chi connectivity index (χ1) is 7.66. The monoisotopic (exact) mass is 222 g/mol. The van der Waals surface area contributed by atoms with Crippen LogP contribution in [0.4, 0.5) is 10.1 Å². The average Bonchev–Trinajstić information content (AvgIpc) is 3.05. The number of nitrogens with two attached hydrogens (primary N) is 1. The van der Waals surface area contributed by atoms with Crippen molar-refractivity contribution < 1.29 is 9.18 Å². The minimum absolute atomic E-state index is 0.0239. The van der Waals surface area contributed by atoms with Gasteiger partial charge >= 0.3 is 0 Å². The molecule has 4 heteroatoms. The van der Waals surface area contributed by atoms with Crippen LogP contribution in [-0.2, 0) is 0 Å². The molecule has 0 unspecified atom stereocenters. The van der Waals surface area contributed by atoms with Crippen molar-refractivity contribution in [2.24, 2.45) is 5.92 Å². The number of carbonyl (C=O) groups excluding carboxylic acids is 1. The van der Waals surface area contributed by atoms with E-state index in [0.29, 0.717) is 12.2 Å². The van der Waals surface area contributed by atoms with Crippen LogP contribution in [0.1, 0.15) is 29.6 Å². The van der Waals surface area contributed by atoms with Gasteiger partial charge < -0.3 is 11.1 Å². The summed E-state index contributed by atoms with van der Waals surface area (Å²) in [6.07, 6.45) is 3.49. The van der Waals surface area contributed by atoms with E-state index in [0.717, 1.165) is 12.3 Å². The van der Waals surface area contributed by atoms with Crippen molar-refractivity contribution in [2.75, 3.05) is 12.3 Å². The number of halogens is 1. The molecular formula is C12H15FN2O. The number of hydrogen-bond acceptors (Lipinski definition) is 2. The number of amides is 1. The second-order valence-corrected chi connectivity index (χ2v) is 4.23. The maximum atomic E-state index is 13.3. The summed E-state index contributed by atoms with van der Waals surface area (Å²) in [6, 6.07) is 4.02. The SMILES string of the molecule is Nc1ccc(F)c(C(=O)NCCC2CC2)c1. The molecule has 0 atom stereocenters. The molecule has 1 amide bonds. The minimum atomic E-state index is -0.530. The second kappa shape index (κ2) is 4.51. The Morgan fingerprint density at radius 1 is 1.50 bits per heavy atom. The topological polar surface area (TPSA) is 55.1 Å². The molecule has 16 heavy (non-hydrogen) atoms. The van der Waals surface area contributed by atoms with Crippen LogP contribution in [0.2, 0.25) is 0 Å². The van der Waals surface area contributed by atoms with Gasteiger partial charge in [-0.25, -0.2) is 4.39 Å². The van der Waals surface area contributed by atoms with E-state index in [2.05, 4.69) is 5.32 Å². The van der Waals surface area contributed by atoms with Crippen LogP contribution in [0.5, 0.6) is 0 Å². The maximum absolute atomic E-state index is 13.3. The van der Waals surface area contributed by atoms with Gasteiger partial charge in [-0.1, -0.05) is 12.8 Å². The van der Waals surface area contributed by atoms with Crippen molar-refractivity contribution in [3.05, 3.63) is 29.6 Å². The summed E-state index contributed by atoms with van der Waals surface area (Å²) in [7, 11) is 0. The Balaban J connectivity index is 1.93. The highest BCUT2D eigenvalue weighted by atomic mass is 19.1. The molecule has 0 bridgehead atoms. The number of nitrogens with one attached hydrogen (secondary N) is 1. The summed E-state index contributed by atoms with van der Waals surface area (Å²) in [4.78, 5) is 11.6. The maximum Gasteiger partial charge on any atom is 0.254 e. The smallest absolute Gasteiger partial charge is 0.254 e. The average molecular weight is 222 g/mol. The zero-order valence-electron chi connectivity index (χ0n) is 9.00. The summed E-state index contributed by atoms with van der Waals surface area (Å²) in [6.45, 7) is 0.609. The normalized spacial score (nSPS) is 14.8. The molecular weight excluding hydrogens is 207 g/mol. The predicted octanol–water partition coefficient (Wildman–Crippen LogP) is 1.94. The van der Waals surface area contributed by atoms with Crippen LogP contribution in [0.3, 0.4) is 0 Å². The third kappa shape index (κ3) is 2.72. The van der Waals surface area contributed by atoms with Gasteiger partial charge in [0.05, 0.1) is 5.56 Å². The molecule has 86 valence electrons. The first-order valence-corrected chi connectivity index (χ1v) is 5.50. The van der Waals surface area contributed by atoms with E-state index in [4.69, 9.17) is 5.73 Å². The van der Waals surface area contributed by atoms with Gasteiger partial charge in [-0.3, -0.25) is 4.79 Å². The predicted molar refractivity (Wildman–Crippen MR) is 60.5 cm³/mol. The van der Waals surface area contributed by atoms with E-state index in [1.54, 1.807) is 0 Å². The Hall–Kier alpha value is -1.58. The zero-order valence-corrected chi connectivity index (χ0v) is 9.00. The fourth-order valence-electron chi connectivity index (χ4n) is 1.61. The second-order valence-electron chi connectivity index (χ2n) is 4.23. The molecule has 3 nitrogen and oxygen atoms in total. The van der Waals surface area contributed by atoms with E-state index in [-0.39, 0.29) is 11.5 Å². The summed E-state index contributed by atoms with van der Waals surface area (Å²) in [5, 5.41) is 2.70. The molecule has 1 saturated carbocycles. The number of benzene rings is 1. The van der Waals surface area contributed by atoms with Crippen molar-refractivity contribution in [1.82, 2.24) is 5.32 Å². The Morgan fingerprint density at radius 2 is 2.25 bits per heavy atom. The zero-order chi connectivity index (χ0) is 11.5. The number of nitrogen functional groups attached to an aromatic ring is 1. The van der Waals surface area contributed by atoms with Gasteiger partial charge in [0.15, 0.2) is 0 Å². The molecule has 1 aliphatic carbocycles. The minimum Gasteiger partial charge on any atom is -0.399 e. The first-order valence-electron chi connectivity index (χ1n) is 5.50. The highest BCUT2D eigenvalue weighted by Crippen LogP contribution is 2.31. The van der Waals surface area contributed by atoms with Crippen LogP contribution in [-0.4, -0.2) is 12.5 Å². The molecule has 3 N–H and O–H groups in total. The lowest BCUT2D eigenvalue weighted by atomic mass is 10.1. The summed E-state index contributed by atoms with van der Waals surface area (Å²) in [5.41, 5.74) is 5.93. The van der Waals surface area contributed by atoms with Gasteiger partial charge in [0.25, 0.3) is 5.91 Å². The van der Waals surface area contributed by atoms with Crippen LogP contribution in [0.15, 0.2) is 18.2 Å². The molecule has 0 saturated heterocycles. The van der Waals surface area contributed by atoms with Crippen molar-refractivity contribution in [3.63, 3.8) is 0 Å². The van der Waals surface area contributed by atoms with E-state index in [9.17, 15) is 9.18 Å². The van der Waals surface area contributed by atoms with Gasteiger partial charge in [-0.05, 0) is 30.5 Å². The van der Waals surface area contributed by atoms with Crippen molar-refractivity contribution in [2.45, 2.75) is 19.3 Å². The fourth-order valence-corrected chi connectivity index (χ4v) is 1.61. The molecule has 1 aromatic rings. The molecule has 0 radical (unpaired) electrons. The Labute approximate surface area is 93.8 Å².